The number of ether oxygens (including phenoxy) is 1. The average Bonchev–Trinajstić information content (AvgIpc) is 2.95. The molecule has 6 unspecified atom stereocenters. The van der Waals surface area contributed by atoms with Crippen molar-refractivity contribution < 1.29 is 19.1 Å². The highest BCUT2D eigenvalue weighted by Gasteiger charge is 2.69. The molecule has 0 N–H and O–H groups in total. The third-order valence-corrected chi connectivity index (χ3v) is 9.02. The van der Waals surface area contributed by atoms with E-state index in [2.05, 4.69) is 26.8 Å². The van der Waals surface area contributed by atoms with E-state index >= 15 is 0 Å². The van der Waals surface area contributed by atoms with Crippen molar-refractivity contribution in [2.75, 3.05) is 14.1 Å². The number of ketones is 1. The van der Waals surface area contributed by atoms with Crippen LogP contribution in [0.2, 0.25) is 0 Å². The summed E-state index contributed by atoms with van der Waals surface area (Å²) in [5.41, 5.74) is 0.966. The van der Waals surface area contributed by atoms with E-state index in [1.807, 2.05) is 6.08 Å². The zero-order valence-corrected chi connectivity index (χ0v) is 19.2. The summed E-state index contributed by atoms with van der Waals surface area (Å²) in [5, 5.41) is 0. The quantitative estimate of drug-likeness (QED) is 0.640. The highest BCUT2D eigenvalue weighted by Crippen LogP contribution is 2.67. The molecule has 4 aliphatic rings. The Bertz CT molecular complexity index is 870. The van der Waals surface area contributed by atoms with Gasteiger partial charge < -0.3 is 9.64 Å². The molecule has 5 nitrogen and oxygen atoms in total. The third kappa shape index (κ3) is 2.69. The summed E-state index contributed by atoms with van der Waals surface area (Å²) in [6, 6.07) is 0. The number of nitrogens with zero attached hydrogens (tertiary/aromatic N) is 1. The van der Waals surface area contributed by atoms with Gasteiger partial charge in [0.1, 0.15) is 0 Å². The Morgan fingerprint density at radius 1 is 1.10 bits per heavy atom. The minimum Gasteiger partial charge on any atom is -0.449 e. The minimum absolute atomic E-state index is 0.0109. The van der Waals surface area contributed by atoms with Crippen LogP contribution in [0, 0.1) is 28.6 Å². The molecule has 1 amide bonds. The van der Waals surface area contributed by atoms with Crippen LogP contribution in [0.15, 0.2) is 23.3 Å². The molecule has 2 fully saturated rings. The molecule has 0 bridgehead atoms. The van der Waals surface area contributed by atoms with Gasteiger partial charge >= 0.3 is 5.97 Å². The first-order chi connectivity index (χ1) is 14.0. The molecule has 0 aromatic heterocycles. The van der Waals surface area contributed by atoms with Gasteiger partial charge in [0.2, 0.25) is 0 Å². The van der Waals surface area contributed by atoms with Crippen molar-refractivity contribution in [3.63, 3.8) is 0 Å². The minimum atomic E-state index is -1.08. The van der Waals surface area contributed by atoms with Crippen LogP contribution < -0.4 is 0 Å². The summed E-state index contributed by atoms with van der Waals surface area (Å²) in [6.07, 6.45) is 9.06. The number of carbonyl (C=O) groups excluding carboxylic acids is 3. The van der Waals surface area contributed by atoms with Crippen molar-refractivity contribution >= 4 is 17.7 Å². The molecule has 0 spiro atoms. The summed E-state index contributed by atoms with van der Waals surface area (Å²) in [6.45, 7) is 8.05. The van der Waals surface area contributed by atoms with E-state index < -0.39 is 5.60 Å². The number of allylic oxidation sites excluding steroid dienone is 4. The largest absolute Gasteiger partial charge is 0.449 e. The van der Waals surface area contributed by atoms with Crippen molar-refractivity contribution in [2.24, 2.45) is 28.6 Å². The summed E-state index contributed by atoms with van der Waals surface area (Å²) >= 11 is 0. The highest BCUT2D eigenvalue weighted by molar-refractivity contribution is 5.92. The second kappa shape index (κ2) is 6.80. The Labute approximate surface area is 179 Å². The molecular formula is C25H35NO4. The van der Waals surface area contributed by atoms with Gasteiger partial charge in [-0.15, -0.1) is 0 Å². The molecule has 164 valence electrons. The van der Waals surface area contributed by atoms with Gasteiger partial charge in [-0.3, -0.25) is 14.4 Å². The fourth-order valence-corrected chi connectivity index (χ4v) is 7.58. The molecule has 4 rings (SSSR count). The topological polar surface area (TPSA) is 63.7 Å². The number of carbonyl (C=O) groups is 3. The van der Waals surface area contributed by atoms with Gasteiger partial charge in [0, 0.05) is 32.9 Å². The van der Waals surface area contributed by atoms with Crippen molar-refractivity contribution in [1.29, 1.82) is 0 Å². The standard InChI is InChI=1S/C25H35NO4/c1-15-13-18-19(23(3)10-7-17(28)14-21(15)23)8-11-24(4)20(18)9-12-25(24,30-16(2)27)22(29)26(5)6/h13-14,18-20H,7-12H2,1-6H3. The van der Waals surface area contributed by atoms with Gasteiger partial charge in [-0.1, -0.05) is 25.5 Å². The predicted molar refractivity (Wildman–Crippen MR) is 114 cm³/mol. The van der Waals surface area contributed by atoms with E-state index in [0.29, 0.717) is 24.7 Å². The summed E-state index contributed by atoms with van der Waals surface area (Å²) < 4.78 is 5.94. The van der Waals surface area contributed by atoms with E-state index in [-0.39, 0.29) is 34.4 Å². The van der Waals surface area contributed by atoms with Crippen molar-refractivity contribution in [3.05, 3.63) is 23.3 Å². The Kier molecular flexibility index (Phi) is 4.83. The number of fused-ring (bicyclic) bond motifs is 5. The van der Waals surface area contributed by atoms with Crippen molar-refractivity contribution in [1.82, 2.24) is 4.90 Å². The molecule has 4 aliphatic carbocycles. The SMILES string of the molecule is CC(=O)OC1(C(=O)N(C)C)CCC2C3C=C(C)C4=CC(=O)CCC4(C)C3CCC21C. The number of hydrogen-bond donors (Lipinski definition) is 0. The Balaban J connectivity index is 1.80. The fraction of sp³-hybridized carbons (Fsp3) is 0.720. The maximum atomic E-state index is 13.4. The molecule has 0 aromatic rings. The van der Waals surface area contributed by atoms with Crippen LogP contribution in [0.25, 0.3) is 0 Å². The second-order valence-electron chi connectivity index (χ2n) is 10.7. The van der Waals surface area contributed by atoms with Gasteiger partial charge in [-0.05, 0) is 73.8 Å². The summed E-state index contributed by atoms with van der Waals surface area (Å²) in [5.74, 6) is 0.846. The Morgan fingerprint density at radius 3 is 2.40 bits per heavy atom. The van der Waals surface area contributed by atoms with Crippen LogP contribution in [-0.4, -0.2) is 42.3 Å². The van der Waals surface area contributed by atoms with Gasteiger partial charge in [-0.25, -0.2) is 0 Å². The first-order valence-corrected chi connectivity index (χ1v) is 11.3. The molecule has 0 aromatic carbocycles. The summed E-state index contributed by atoms with van der Waals surface area (Å²) in [7, 11) is 3.50. The van der Waals surface area contributed by atoms with E-state index in [1.54, 1.807) is 19.0 Å². The molecule has 30 heavy (non-hydrogen) atoms. The lowest BCUT2D eigenvalue weighted by Crippen LogP contribution is -2.61. The van der Waals surface area contributed by atoms with Crippen LogP contribution in [0.5, 0.6) is 0 Å². The van der Waals surface area contributed by atoms with E-state index in [4.69, 9.17) is 4.74 Å². The monoisotopic (exact) mass is 413 g/mol. The van der Waals surface area contributed by atoms with Gasteiger partial charge in [0.05, 0.1) is 0 Å². The average molecular weight is 414 g/mol. The maximum absolute atomic E-state index is 13.4. The lowest BCUT2D eigenvalue weighted by molar-refractivity contribution is -0.192. The number of rotatable bonds is 2. The van der Waals surface area contributed by atoms with Crippen LogP contribution >= 0.6 is 0 Å². The van der Waals surface area contributed by atoms with Crippen molar-refractivity contribution in [2.45, 2.75) is 71.8 Å². The lowest BCUT2D eigenvalue weighted by Gasteiger charge is -2.58. The van der Waals surface area contributed by atoms with Crippen LogP contribution in [0.3, 0.4) is 0 Å². The molecule has 0 heterocycles. The molecule has 5 heteroatoms. The predicted octanol–water partition coefficient (Wildman–Crippen LogP) is 4.07. The Morgan fingerprint density at radius 2 is 1.77 bits per heavy atom. The number of esters is 1. The zero-order chi connectivity index (χ0) is 22.1. The van der Waals surface area contributed by atoms with Gasteiger partial charge in [-0.2, -0.15) is 0 Å². The molecule has 6 atom stereocenters. The second-order valence-corrected chi connectivity index (χ2v) is 10.7. The molecule has 2 saturated carbocycles. The first-order valence-electron chi connectivity index (χ1n) is 11.3. The van der Waals surface area contributed by atoms with E-state index in [9.17, 15) is 14.4 Å². The van der Waals surface area contributed by atoms with Crippen LogP contribution in [0.1, 0.15) is 66.2 Å². The van der Waals surface area contributed by atoms with Gasteiger partial charge in [0.25, 0.3) is 5.91 Å². The molecule has 0 radical (unpaired) electrons. The smallest absolute Gasteiger partial charge is 0.303 e. The highest BCUT2D eigenvalue weighted by atomic mass is 16.6. The van der Waals surface area contributed by atoms with E-state index in [1.165, 1.54) is 18.1 Å². The summed E-state index contributed by atoms with van der Waals surface area (Å²) in [4.78, 5) is 39.2. The molecular weight excluding hydrogens is 378 g/mol. The lowest BCUT2D eigenvalue weighted by atomic mass is 9.47. The van der Waals surface area contributed by atoms with Gasteiger partial charge in [0.15, 0.2) is 11.4 Å². The molecule has 0 aliphatic heterocycles. The van der Waals surface area contributed by atoms with Crippen LogP contribution in [-0.2, 0) is 19.1 Å². The number of likely N-dealkylation sites (N-methyl/N-ethyl adjacent to an activating group) is 1. The zero-order valence-electron chi connectivity index (χ0n) is 19.2. The number of hydrogen-bond acceptors (Lipinski definition) is 4. The Hall–Kier alpha value is -1.91. The van der Waals surface area contributed by atoms with E-state index in [0.717, 1.165) is 25.7 Å². The third-order valence-electron chi connectivity index (χ3n) is 9.02. The fourth-order valence-electron chi connectivity index (χ4n) is 7.58. The molecule has 0 saturated heterocycles. The maximum Gasteiger partial charge on any atom is 0.303 e. The van der Waals surface area contributed by atoms with Crippen LogP contribution in [0.4, 0.5) is 0 Å². The number of amides is 1. The normalized spacial score (nSPS) is 42.3. The first kappa shape index (κ1) is 21.3. The van der Waals surface area contributed by atoms with Crippen molar-refractivity contribution in [3.8, 4) is 0 Å².